The number of carbonyl (C=O) groups is 1. The summed E-state index contributed by atoms with van der Waals surface area (Å²) in [7, 11) is 5.25. The smallest absolute Gasteiger partial charge is 0.253 e. The van der Waals surface area contributed by atoms with E-state index in [0.717, 1.165) is 30.2 Å². The summed E-state index contributed by atoms with van der Waals surface area (Å²) in [6.07, 6.45) is 2.79. The highest BCUT2D eigenvalue weighted by Gasteiger charge is 2.07. The minimum absolute atomic E-state index is 0. The molecule has 2 rings (SSSR count). The van der Waals surface area contributed by atoms with Crippen molar-refractivity contribution in [3.05, 3.63) is 65.0 Å². The number of aromatic nitrogens is 1. The molecule has 7 heteroatoms. The third kappa shape index (κ3) is 7.54. The van der Waals surface area contributed by atoms with E-state index in [2.05, 4.69) is 26.7 Å². The zero-order chi connectivity index (χ0) is 18.9. The number of guanidine groups is 1. The van der Waals surface area contributed by atoms with E-state index in [1.54, 1.807) is 26.0 Å². The standard InChI is InChI=1S/C20H27N5O.HI/c1-15-5-6-17(13-23-15)11-12-22-20(21-2)24-14-16-7-9-18(10-8-16)19(26)25(3)4;/h5-10,13H,11-12,14H2,1-4H3,(H2,21,22,24);1H. The van der Waals surface area contributed by atoms with Crippen LogP contribution in [0.25, 0.3) is 0 Å². The van der Waals surface area contributed by atoms with Crippen LogP contribution in [0.2, 0.25) is 0 Å². The van der Waals surface area contributed by atoms with Crippen molar-refractivity contribution in [3.8, 4) is 0 Å². The summed E-state index contributed by atoms with van der Waals surface area (Å²) in [5.74, 6) is 0.756. The highest BCUT2D eigenvalue weighted by Crippen LogP contribution is 2.06. The summed E-state index contributed by atoms with van der Waals surface area (Å²) in [5, 5.41) is 6.58. The average Bonchev–Trinajstić information content (AvgIpc) is 2.65. The number of pyridine rings is 1. The first kappa shape index (κ1) is 22.9. The number of amides is 1. The first-order valence-electron chi connectivity index (χ1n) is 8.66. The second-order valence-corrected chi connectivity index (χ2v) is 6.31. The lowest BCUT2D eigenvalue weighted by molar-refractivity contribution is 0.0827. The van der Waals surface area contributed by atoms with Gasteiger partial charge in [-0.1, -0.05) is 18.2 Å². The van der Waals surface area contributed by atoms with Crippen LogP contribution in [0.5, 0.6) is 0 Å². The lowest BCUT2D eigenvalue weighted by atomic mass is 10.1. The van der Waals surface area contributed by atoms with E-state index in [9.17, 15) is 4.79 Å². The summed E-state index contributed by atoms with van der Waals surface area (Å²) in [4.78, 5) is 22.0. The molecule has 6 nitrogen and oxygen atoms in total. The Morgan fingerprint density at radius 1 is 1.07 bits per heavy atom. The molecule has 2 N–H and O–H groups in total. The molecule has 0 aliphatic carbocycles. The van der Waals surface area contributed by atoms with Gasteiger partial charge in [-0.05, 0) is 42.7 Å². The summed E-state index contributed by atoms with van der Waals surface area (Å²) >= 11 is 0. The van der Waals surface area contributed by atoms with E-state index in [1.807, 2.05) is 43.5 Å². The Morgan fingerprint density at radius 3 is 2.30 bits per heavy atom. The van der Waals surface area contributed by atoms with Crippen LogP contribution in [0.3, 0.4) is 0 Å². The van der Waals surface area contributed by atoms with Crippen molar-refractivity contribution in [2.75, 3.05) is 27.7 Å². The van der Waals surface area contributed by atoms with E-state index >= 15 is 0 Å². The molecule has 2 aromatic rings. The largest absolute Gasteiger partial charge is 0.356 e. The van der Waals surface area contributed by atoms with Crippen molar-refractivity contribution in [2.24, 2.45) is 4.99 Å². The lowest BCUT2D eigenvalue weighted by Crippen LogP contribution is -2.37. The molecule has 0 atom stereocenters. The third-order valence-corrected chi connectivity index (χ3v) is 3.97. The monoisotopic (exact) mass is 481 g/mol. The fourth-order valence-electron chi connectivity index (χ4n) is 2.40. The van der Waals surface area contributed by atoms with Crippen LogP contribution >= 0.6 is 24.0 Å². The number of hydrogen-bond donors (Lipinski definition) is 2. The van der Waals surface area contributed by atoms with Crippen molar-refractivity contribution in [3.63, 3.8) is 0 Å². The summed E-state index contributed by atoms with van der Waals surface area (Å²) in [6.45, 7) is 3.40. The van der Waals surface area contributed by atoms with Crippen LogP contribution in [0, 0.1) is 6.92 Å². The Morgan fingerprint density at radius 2 is 1.74 bits per heavy atom. The molecule has 1 heterocycles. The SMILES string of the molecule is CN=C(NCCc1ccc(C)nc1)NCc1ccc(C(=O)N(C)C)cc1.I. The number of hydrogen-bond acceptors (Lipinski definition) is 3. The molecule has 146 valence electrons. The maximum atomic E-state index is 11.9. The molecular formula is C20H28IN5O. The van der Waals surface area contributed by atoms with Crippen LogP contribution in [0.15, 0.2) is 47.6 Å². The fourth-order valence-corrected chi connectivity index (χ4v) is 2.40. The molecule has 27 heavy (non-hydrogen) atoms. The molecule has 0 saturated heterocycles. The highest BCUT2D eigenvalue weighted by molar-refractivity contribution is 14.0. The van der Waals surface area contributed by atoms with Gasteiger partial charge >= 0.3 is 0 Å². The molecule has 0 unspecified atom stereocenters. The minimum Gasteiger partial charge on any atom is -0.356 e. The van der Waals surface area contributed by atoms with Crippen LogP contribution in [0.1, 0.15) is 27.2 Å². The number of aliphatic imine (C=N–C) groups is 1. The van der Waals surface area contributed by atoms with E-state index in [0.29, 0.717) is 12.1 Å². The zero-order valence-electron chi connectivity index (χ0n) is 16.3. The van der Waals surface area contributed by atoms with Crippen LogP contribution < -0.4 is 10.6 Å². The van der Waals surface area contributed by atoms with Gasteiger partial charge in [-0.25, -0.2) is 0 Å². The van der Waals surface area contributed by atoms with E-state index in [-0.39, 0.29) is 29.9 Å². The summed E-state index contributed by atoms with van der Waals surface area (Å²) < 4.78 is 0. The number of aryl methyl sites for hydroxylation is 1. The van der Waals surface area contributed by atoms with Gasteiger partial charge in [-0.3, -0.25) is 14.8 Å². The molecule has 0 spiro atoms. The number of carbonyl (C=O) groups excluding carboxylic acids is 1. The molecule has 1 aromatic carbocycles. The average molecular weight is 481 g/mol. The summed E-state index contributed by atoms with van der Waals surface area (Å²) in [5.41, 5.74) is 4.00. The molecule has 1 aromatic heterocycles. The molecule has 0 saturated carbocycles. The van der Waals surface area contributed by atoms with Gasteiger partial charge in [0.05, 0.1) is 0 Å². The van der Waals surface area contributed by atoms with E-state index in [4.69, 9.17) is 0 Å². The Labute approximate surface area is 178 Å². The first-order valence-corrected chi connectivity index (χ1v) is 8.66. The summed E-state index contributed by atoms with van der Waals surface area (Å²) in [6, 6.07) is 11.7. The number of benzene rings is 1. The van der Waals surface area contributed by atoms with Gasteiger partial charge in [0, 0.05) is 51.7 Å². The second-order valence-electron chi connectivity index (χ2n) is 6.31. The van der Waals surface area contributed by atoms with Crippen LogP contribution in [0.4, 0.5) is 0 Å². The molecular weight excluding hydrogens is 453 g/mol. The Hall–Kier alpha value is -2.16. The fraction of sp³-hybridized carbons (Fsp3) is 0.350. The predicted molar refractivity (Wildman–Crippen MR) is 121 cm³/mol. The van der Waals surface area contributed by atoms with Crippen molar-refractivity contribution in [1.29, 1.82) is 0 Å². The van der Waals surface area contributed by atoms with Gasteiger partial charge in [-0.15, -0.1) is 24.0 Å². The predicted octanol–water partition coefficient (Wildman–Crippen LogP) is 2.62. The first-order chi connectivity index (χ1) is 12.5. The number of rotatable bonds is 6. The molecule has 0 fully saturated rings. The maximum absolute atomic E-state index is 11.9. The quantitative estimate of drug-likeness (QED) is 0.378. The highest BCUT2D eigenvalue weighted by atomic mass is 127. The Balaban J connectivity index is 0.00000364. The maximum Gasteiger partial charge on any atom is 0.253 e. The van der Waals surface area contributed by atoms with Crippen LogP contribution in [-0.2, 0) is 13.0 Å². The number of halogens is 1. The molecule has 0 radical (unpaired) electrons. The zero-order valence-corrected chi connectivity index (χ0v) is 18.7. The second kappa shape index (κ2) is 11.5. The van der Waals surface area contributed by atoms with Crippen molar-refractivity contribution >= 4 is 35.8 Å². The van der Waals surface area contributed by atoms with Crippen LogP contribution in [-0.4, -0.2) is 49.4 Å². The Kier molecular flexibility index (Phi) is 9.77. The number of nitrogens with one attached hydrogen (secondary N) is 2. The van der Waals surface area contributed by atoms with Gasteiger partial charge in [0.1, 0.15) is 0 Å². The van der Waals surface area contributed by atoms with Gasteiger partial charge < -0.3 is 15.5 Å². The molecule has 0 bridgehead atoms. The van der Waals surface area contributed by atoms with Crippen molar-refractivity contribution in [1.82, 2.24) is 20.5 Å². The number of nitrogens with zero attached hydrogens (tertiary/aromatic N) is 3. The van der Waals surface area contributed by atoms with Gasteiger partial charge in [0.25, 0.3) is 5.91 Å². The lowest BCUT2D eigenvalue weighted by Gasteiger charge is -2.13. The Bertz CT molecular complexity index is 742. The minimum atomic E-state index is 0. The van der Waals surface area contributed by atoms with Crippen molar-refractivity contribution in [2.45, 2.75) is 19.9 Å². The molecule has 0 aliphatic rings. The van der Waals surface area contributed by atoms with Gasteiger partial charge in [-0.2, -0.15) is 0 Å². The van der Waals surface area contributed by atoms with Gasteiger partial charge in [0.2, 0.25) is 0 Å². The van der Waals surface area contributed by atoms with E-state index in [1.165, 1.54) is 5.56 Å². The van der Waals surface area contributed by atoms with Gasteiger partial charge in [0.15, 0.2) is 5.96 Å². The topological polar surface area (TPSA) is 69.6 Å². The van der Waals surface area contributed by atoms with E-state index < -0.39 is 0 Å². The molecule has 0 aliphatic heterocycles. The third-order valence-electron chi connectivity index (χ3n) is 3.97. The van der Waals surface area contributed by atoms with Crippen molar-refractivity contribution < 1.29 is 4.79 Å². The normalized spacial score (nSPS) is 10.7. The molecule has 1 amide bonds.